The van der Waals surface area contributed by atoms with E-state index in [1.54, 1.807) is 11.8 Å². The minimum absolute atomic E-state index is 0.0398. The van der Waals surface area contributed by atoms with E-state index in [-0.39, 0.29) is 5.50 Å². The molecule has 0 aromatic heterocycles. The normalized spacial score (nSPS) is 17.8. The van der Waals surface area contributed by atoms with Crippen molar-refractivity contribution in [2.75, 3.05) is 10.6 Å². The van der Waals surface area contributed by atoms with Gasteiger partial charge < -0.3 is 16.4 Å². The molecule has 1 atom stereocenters. The zero-order chi connectivity index (χ0) is 12.5. The summed E-state index contributed by atoms with van der Waals surface area (Å²) < 4.78 is 0. The first-order chi connectivity index (χ1) is 8.74. The van der Waals surface area contributed by atoms with Crippen molar-refractivity contribution in [2.24, 2.45) is 5.73 Å². The van der Waals surface area contributed by atoms with Crippen LogP contribution in [0.2, 0.25) is 0 Å². The number of nitrogens with zero attached hydrogens (tertiary/aromatic N) is 1. The fourth-order valence-electron chi connectivity index (χ4n) is 2.15. The predicted molar refractivity (Wildman–Crippen MR) is 77.3 cm³/mol. The minimum atomic E-state index is -0.0398. The molecule has 4 N–H and O–H groups in total. The molecule has 3 rings (SSSR count). The molecule has 1 aliphatic rings. The lowest BCUT2D eigenvalue weighted by atomic mass is 10.2. The van der Waals surface area contributed by atoms with E-state index in [0.717, 1.165) is 12.2 Å². The fourth-order valence-corrected chi connectivity index (χ4v) is 3.23. The molecule has 0 aliphatic carbocycles. The van der Waals surface area contributed by atoms with Crippen LogP contribution in [0.15, 0.2) is 53.4 Å². The Hall–Kier alpha value is -1.65. The Labute approximate surface area is 111 Å². The number of fused-ring (bicyclic) bond motifs is 1. The van der Waals surface area contributed by atoms with Crippen LogP contribution in [-0.4, -0.2) is 5.50 Å². The molecule has 2 aromatic carbocycles. The van der Waals surface area contributed by atoms with E-state index in [9.17, 15) is 0 Å². The number of hydrogen-bond acceptors (Lipinski definition) is 4. The van der Waals surface area contributed by atoms with Crippen molar-refractivity contribution >= 4 is 23.1 Å². The first kappa shape index (κ1) is 11.4. The van der Waals surface area contributed by atoms with Gasteiger partial charge in [0.25, 0.3) is 0 Å². The number of hydrogen-bond donors (Lipinski definition) is 2. The zero-order valence-electron chi connectivity index (χ0n) is 9.91. The molecular weight excluding hydrogens is 242 g/mol. The molecule has 1 unspecified atom stereocenters. The SMILES string of the molecule is Nc1ccc2c(c1)SC(N)N2Cc1ccccc1. The van der Waals surface area contributed by atoms with E-state index < -0.39 is 0 Å². The summed E-state index contributed by atoms with van der Waals surface area (Å²) in [6.45, 7) is 0.825. The Morgan fingerprint density at radius 3 is 2.67 bits per heavy atom. The molecule has 1 aliphatic heterocycles. The highest BCUT2D eigenvalue weighted by Gasteiger charge is 2.27. The Morgan fingerprint density at radius 1 is 1.11 bits per heavy atom. The third kappa shape index (κ3) is 2.05. The first-order valence-corrected chi connectivity index (χ1v) is 6.74. The summed E-state index contributed by atoms with van der Waals surface area (Å²) in [5.41, 5.74) is 15.2. The van der Waals surface area contributed by atoms with Gasteiger partial charge in [-0.1, -0.05) is 42.1 Å². The van der Waals surface area contributed by atoms with E-state index in [1.807, 2.05) is 36.4 Å². The summed E-state index contributed by atoms with van der Waals surface area (Å²) in [7, 11) is 0. The van der Waals surface area contributed by atoms with E-state index >= 15 is 0 Å². The van der Waals surface area contributed by atoms with Gasteiger partial charge in [-0.05, 0) is 23.8 Å². The lowest BCUT2D eigenvalue weighted by Gasteiger charge is -2.23. The molecule has 0 spiro atoms. The van der Waals surface area contributed by atoms with Crippen LogP contribution in [0.4, 0.5) is 11.4 Å². The number of anilines is 2. The summed E-state index contributed by atoms with van der Waals surface area (Å²) >= 11 is 1.66. The maximum Gasteiger partial charge on any atom is 0.130 e. The number of benzene rings is 2. The fraction of sp³-hybridized carbons (Fsp3) is 0.143. The molecule has 0 amide bonds. The molecule has 92 valence electrons. The first-order valence-electron chi connectivity index (χ1n) is 5.86. The van der Waals surface area contributed by atoms with Crippen molar-refractivity contribution in [2.45, 2.75) is 16.9 Å². The molecule has 1 heterocycles. The van der Waals surface area contributed by atoms with Gasteiger partial charge in [-0.3, -0.25) is 0 Å². The predicted octanol–water partition coefficient (Wildman–Crippen LogP) is 2.62. The highest BCUT2D eigenvalue weighted by atomic mass is 32.2. The van der Waals surface area contributed by atoms with Crippen LogP contribution >= 0.6 is 11.8 Å². The maximum atomic E-state index is 6.18. The van der Waals surface area contributed by atoms with Crippen LogP contribution in [0.1, 0.15) is 5.56 Å². The molecule has 0 bridgehead atoms. The lowest BCUT2D eigenvalue weighted by molar-refractivity contribution is 0.780. The van der Waals surface area contributed by atoms with Gasteiger partial charge in [0.1, 0.15) is 5.50 Å². The van der Waals surface area contributed by atoms with Gasteiger partial charge in [-0.15, -0.1) is 0 Å². The van der Waals surface area contributed by atoms with Crippen molar-refractivity contribution in [3.63, 3.8) is 0 Å². The van der Waals surface area contributed by atoms with E-state index in [2.05, 4.69) is 17.0 Å². The second-order valence-electron chi connectivity index (χ2n) is 4.35. The monoisotopic (exact) mass is 257 g/mol. The molecule has 3 nitrogen and oxygen atoms in total. The van der Waals surface area contributed by atoms with E-state index in [4.69, 9.17) is 11.5 Å². The molecule has 0 saturated heterocycles. The Kier molecular flexibility index (Phi) is 2.89. The van der Waals surface area contributed by atoms with Gasteiger partial charge in [0.05, 0.1) is 5.69 Å². The van der Waals surface area contributed by atoms with Crippen LogP contribution in [0.3, 0.4) is 0 Å². The van der Waals surface area contributed by atoms with Crippen molar-refractivity contribution < 1.29 is 0 Å². The molecular formula is C14H15N3S. The van der Waals surface area contributed by atoms with Gasteiger partial charge in [0.2, 0.25) is 0 Å². The molecule has 0 saturated carbocycles. The van der Waals surface area contributed by atoms with Gasteiger partial charge in [0.15, 0.2) is 0 Å². The highest BCUT2D eigenvalue weighted by molar-refractivity contribution is 8.00. The summed E-state index contributed by atoms with van der Waals surface area (Å²) in [5, 5.41) is 0. The minimum Gasteiger partial charge on any atom is -0.399 e. The van der Waals surface area contributed by atoms with Crippen molar-refractivity contribution in [3.8, 4) is 0 Å². The van der Waals surface area contributed by atoms with Gasteiger partial charge in [-0.2, -0.15) is 0 Å². The smallest absolute Gasteiger partial charge is 0.130 e. The molecule has 0 radical (unpaired) electrons. The Morgan fingerprint density at radius 2 is 1.89 bits per heavy atom. The standard InChI is InChI=1S/C14H15N3S/c15-11-6-7-12-13(8-11)18-14(16)17(12)9-10-4-2-1-3-5-10/h1-8,14H,9,15-16H2. The van der Waals surface area contributed by atoms with Crippen LogP contribution in [0.5, 0.6) is 0 Å². The Balaban J connectivity index is 1.90. The summed E-state index contributed by atoms with van der Waals surface area (Å²) in [4.78, 5) is 3.37. The largest absolute Gasteiger partial charge is 0.399 e. The number of rotatable bonds is 2. The third-order valence-corrected chi connectivity index (χ3v) is 4.12. The number of thioether (sulfide) groups is 1. The van der Waals surface area contributed by atoms with Gasteiger partial charge in [-0.25, -0.2) is 0 Å². The quantitative estimate of drug-likeness (QED) is 0.812. The molecule has 2 aromatic rings. The van der Waals surface area contributed by atoms with Crippen molar-refractivity contribution in [3.05, 3.63) is 54.1 Å². The summed E-state index contributed by atoms with van der Waals surface area (Å²) in [5.74, 6) is 0. The van der Waals surface area contributed by atoms with Crippen molar-refractivity contribution in [1.82, 2.24) is 0 Å². The molecule has 4 heteroatoms. The van der Waals surface area contributed by atoms with Crippen LogP contribution < -0.4 is 16.4 Å². The third-order valence-electron chi connectivity index (χ3n) is 3.04. The van der Waals surface area contributed by atoms with Gasteiger partial charge in [0, 0.05) is 17.1 Å². The zero-order valence-corrected chi connectivity index (χ0v) is 10.7. The van der Waals surface area contributed by atoms with E-state index in [0.29, 0.717) is 0 Å². The average Bonchev–Trinajstić information content (AvgIpc) is 2.66. The topological polar surface area (TPSA) is 55.3 Å². The summed E-state index contributed by atoms with van der Waals surface area (Å²) in [6, 6.07) is 16.3. The maximum absolute atomic E-state index is 6.18. The second-order valence-corrected chi connectivity index (χ2v) is 5.51. The van der Waals surface area contributed by atoms with E-state index in [1.165, 1.54) is 16.1 Å². The van der Waals surface area contributed by atoms with Gasteiger partial charge >= 0.3 is 0 Å². The Bertz CT molecular complexity index is 556. The van der Waals surface area contributed by atoms with Crippen LogP contribution in [-0.2, 0) is 6.54 Å². The molecule has 18 heavy (non-hydrogen) atoms. The number of nitrogen functional groups attached to an aromatic ring is 1. The number of nitrogens with two attached hydrogens (primary N) is 2. The second kappa shape index (κ2) is 4.55. The lowest BCUT2D eigenvalue weighted by Crippen LogP contribution is -2.35. The highest BCUT2D eigenvalue weighted by Crippen LogP contribution is 2.42. The van der Waals surface area contributed by atoms with Crippen LogP contribution in [0, 0.1) is 0 Å². The van der Waals surface area contributed by atoms with Crippen molar-refractivity contribution in [1.29, 1.82) is 0 Å². The van der Waals surface area contributed by atoms with Crippen LogP contribution in [0.25, 0.3) is 0 Å². The molecule has 0 fully saturated rings. The summed E-state index contributed by atoms with van der Waals surface area (Å²) in [6.07, 6.45) is 0. The average molecular weight is 257 g/mol.